The summed E-state index contributed by atoms with van der Waals surface area (Å²) in [5, 5.41) is 11.4. The summed E-state index contributed by atoms with van der Waals surface area (Å²) >= 11 is 0. The molecular formula is C20H21NO9. The van der Waals surface area contributed by atoms with E-state index in [2.05, 4.69) is 0 Å². The van der Waals surface area contributed by atoms with Gasteiger partial charge >= 0.3 is 5.97 Å². The van der Waals surface area contributed by atoms with Gasteiger partial charge in [0.1, 0.15) is 17.1 Å². The van der Waals surface area contributed by atoms with Gasteiger partial charge in [-0.3, -0.25) is 14.9 Å². The van der Waals surface area contributed by atoms with Crippen LogP contribution in [0.2, 0.25) is 0 Å². The zero-order chi connectivity index (χ0) is 22.3. The van der Waals surface area contributed by atoms with Crippen molar-refractivity contribution in [3.8, 4) is 23.0 Å². The molecule has 0 aliphatic heterocycles. The second kappa shape index (κ2) is 10.1. The van der Waals surface area contributed by atoms with Crippen LogP contribution in [0.15, 0.2) is 30.3 Å². The predicted octanol–water partition coefficient (Wildman–Crippen LogP) is 3.06. The number of ketones is 1. The van der Waals surface area contributed by atoms with Gasteiger partial charge in [-0.15, -0.1) is 0 Å². The molecule has 0 spiro atoms. The summed E-state index contributed by atoms with van der Waals surface area (Å²) in [6, 6.07) is 6.76. The number of nitro benzene ring substituents is 1. The molecule has 0 aliphatic rings. The molecule has 0 aliphatic carbocycles. The van der Waals surface area contributed by atoms with Crippen molar-refractivity contribution in [3.05, 3.63) is 51.6 Å². The van der Waals surface area contributed by atoms with E-state index in [-0.39, 0.29) is 35.0 Å². The third kappa shape index (κ3) is 4.96. The van der Waals surface area contributed by atoms with Crippen LogP contribution in [0.4, 0.5) is 5.69 Å². The number of ether oxygens (including phenoxy) is 5. The fourth-order valence-electron chi connectivity index (χ4n) is 2.61. The number of esters is 1. The van der Waals surface area contributed by atoms with Gasteiger partial charge in [0.2, 0.25) is 5.78 Å². The number of Topliss-reactive ketones (excluding diaryl/α,β-unsaturated/α-hetero) is 1. The van der Waals surface area contributed by atoms with E-state index in [0.717, 1.165) is 12.1 Å². The van der Waals surface area contributed by atoms with Gasteiger partial charge in [0.25, 0.3) is 5.69 Å². The molecule has 0 fully saturated rings. The highest BCUT2D eigenvalue weighted by molar-refractivity contribution is 6.02. The normalized spacial score (nSPS) is 10.1. The highest BCUT2D eigenvalue weighted by Crippen LogP contribution is 2.35. The first-order valence-electron chi connectivity index (χ1n) is 8.77. The number of hydrogen-bond acceptors (Lipinski definition) is 9. The van der Waals surface area contributed by atoms with Gasteiger partial charge in [-0.1, -0.05) is 0 Å². The van der Waals surface area contributed by atoms with E-state index in [1.54, 1.807) is 13.0 Å². The Morgan fingerprint density at radius 3 is 2.20 bits per heavy atom. The number of benzene rings is 2. The minimum atomic E-state index is -1.05. The lowest BCUT2D eigenvalue weighted by atomic mass is 10.1. The van der Waals surface area contributed by atoms with E-state index < -0.39 is 29.0 Å². The molecule has 2 rings (SSSR count). The average Bonchev–Trinajstić information content (AvgIpc) is 2.76. The summed E-state index contributed by atoms with van der Waals surface area (Å²) in [5.41, 5.74) is -0.723. The predicted molar refractivity (Wildman–Crippen MR) is 105 cm³/mol. The van der Waals surface area contributed by atoms with Crippen LogP contribution < -0.4 is 18.9 Å². The molecule has 0 heterocycles. The van der Waals surface area contributed by atoms with Crippen LogP contribution in [-0.4, -0.2) is 51.2 Å². The first kappa shape index (κ1) is 22.5. The minimum Gasteiger partial charge on any atom is -0.497 e. The Labute approximate surface area is 172 Å². The number of methoxy groups -OCH3 is 3. The largest absolute Gasteiger partial charge is 0.497 e. The second-order valence-corrected chi connectivity index (χ2v) is 5.78. The second-order valence-electron chi connectivity index (χ2n) is 5.78. The van der Waals surface area contributed by atoms with E-state index in [4.69, 9.17) is 23.7 Å². The quantitative estimate of drug-likeness (QED) is 0.247. The summed E-state index contributed by atoms with van der Waals surface area (Å²) in [5.74, 6) is -0.641. The Kier molecular flexibility index (Phi) is 7.56. The molecule has 10 heteroatoms. The maximum Gasteiger partial charge on any atom is 0.345 e. The zero-order valence-electron chi connectivity index (χ0n) is 16.9. The molecule has 2 aromatic rings. The van der Waals surface area contributed by atoms with E-state index in [0.29, 0.717) is 5.75 Å². The van der Waals surface area contributed by atoms with Crippen LogP contribution in [-0.2, 0) is 4.74 Å². The standard InChI is InChI=1S/C20H21NO9/c1-5-29-19-9-14(15(21(24)25)10-18(19)28-4)20(23)30-11-16(22)13-7-6-12(26-2)8-17(13)27-3/h6-10H,5,11H2,1-4H3. The van der Waals surface area contributed by atoms with Crippen molar-refractivity contribution in [3.63, 3.8) is 0 Å². The van der Waals surface area contributed by atoms with Gasteiger partial charge in [-0.25, -0.2) is 4.79 Å². The summed E-state index contributed by atoms with van der Waals surface area (Å²) in [6.07, 6.45) is 0. The van der Waals surface area contributed by atoms with Crippen molar-refractivity contribution in [2.45, 2.75) is 6.92 Å². The SMILES string of the molecule is CCOc1cc(C(=O)OCC(=O)c2ccc(OC)cc2OC)c([N+](=O)[O-])cc1OC. The van der Waals surface area contributed by atoms with Crippen LogP contribution in [0.1, 0.15) is 27.6 Å². The molecule has 2 aromatic carbocycles. The lowest BCUT2D eigenvalue weighted by molar-refractivity contribution is -0.385. The summed E-state index contributed by atoms with van der Waals surface area (Å²) in [6.45, 7) is 1.31. The molecule has 10 nitrogen and oxygen atoms in total. The molecule has 0 saturated carbocycles. The lowest BCUT2D eigenvalue weighted by Crippen LogP contribution is -2.16. The summed E-state index contributed by atoms with van der Waals surface area (Å²) < 4.78 is 25.7. The van der Waals surface area contributed by atoms with E-state index in [9.17, 15) is 19.7 Å². The van der Waals surface area contributed by atoms with Crippen LogP contribution in [0.5, 0.6) is 23.0 Å². The minimum absolute atomic E-state index is 0.0964. The number of carbonyl (C=O) groups is 2. The smallest absolute Gasteiger partial charge is 0.345 e. The molecule has 0 radical (unpaired) electrons. The Morgan fingerprint density at radius 2 is 1.63 bits per heavy atom. The molecule has 0 aromatic heterocycles. The molecule has 0 N–H and O–H groups in total. The molecule has 0 saturated heterocycles. The van der Waals surface area contributed by atoms with Crippen molar-refractivity contribution < 1.29 is 38.2 Å². The van der Waals surface area contributed by atoms with Crippen molar-refractivity contribution in [2.24, 2.45) is 0 Å². The van der Waals surface area contributed by atoms with Gasteiger partial charge in [0.05, 0.1) is 44.5 Å². The van der Waals surface area contributed by atoms with Crippen molar-refractivity contribution in [1.82, 2.24) is 0 Å². The number of hydrogen-bond donors (Lipinski definition) is 0. The molecule has 0 atom stereocenters. The Balaban J connectivity index is 2.26. The van der Waals surface area contributed by atoms with Gasteiger partial charge in [0, 0.05) is 12.1 Å². The number of carbonyl (C=O) groups excluding carboxylic acids is 2. The third-order valence-corrected chi connectivity index (χ3v) is 4.04. The Morgan fingerprint density at radius 1 is 0.933 bits per heavy atom. The molecule has 160 valence electrons. The molecule has 30 heavy (non-hydrogen) atoms. The number of rotatable bonds is 10. The van der Waals surface area contributed by atoms with E-state index in [1.807, 2.05) is 0 Å². The first-order valence-corrected chi connectivity index (χ1v) is 8.77. The highest BCUT2D eigenvalue weighted by Gasteiger charge is 2.27. The highest BCUT2D eigenvalue weighted by atomic mass is 16.6. The lowest BCUT2D eigenvalue weighted by Gasteiger charge is -2.12. The van der Waals surface area contributed by atoms with Crippen molar-refractivity contribution in [2.75, 3.05) is 34.5 Å². The summed E-state index contributed by atoms with van der Waals surface area (Å²) in [7, 11) is 4.17. The van der Waals surface area contributed by atoms with Crippen LogP contribution >= 0.6 is 0 Å². The fraction of sp³-hybridized carbons (Fsp3) is 0.300. The van der Waals surface area contributed by atoms with Crippen LogP contribution in [0.25, 0.3) is 0 Å². The van der Waals surface area contributed by atoms with Crippen molar-refractivity contribution in [1.29, 1.82) is 0 Å². The molecule has 0 amide bonds. The van der Waals surface area contributed by atoms with Gasteiger partial charge in [0.15, 0.2) is 18.1 Å². The van der Waals surface area contributed by atoms with Gasteiger partial charge < -0.3 is 23.7 Å². The molecule has 0 bridgehead atoms. The zero-order valence-corrected chi connectivity index (χ0v) is 16.9. The van der Waals surface area contributed by atoms with E-state index in [1.165, 1.54) is 33.5 Å². The molecular weight excluding hydrogens is 398 g/mol. The van der Waals surface area contributed by atoms with Crippen LogP contribution in [0, 0.1) is 10.1 Å². The Hall–Kier alpha value is -3.82. The number of nitrogens with zero attached hydrogens (tertiary/aromatic N) is 1. The first-order chi connectivity index (χ1) is 14.4. The monoisotopic (exact) mass is 419 g/mol. The third-order valence-electron chi connectivity index (χ3n) is 4.04. The number of nitro groups is 1. The molecule has 0 unspecified atom stereocenters. The van der Waals surface area contributed by atoms with E-state index >= 15 is 0 Å². The topological polar surface area (TPSA) is 123 Å². The van der Waals surface area contributed by atoms with Crippen LogP contribution in [0.3, 0.4) is 0 Å². The van der Waals surface area contributed by atoms with Crippen molar-refractivity contribution >= 4 is 17.4 Å². The summed E-state index contributed by atoms with van der Waals surface area (Å²) in [4.78, 5) is 35.6. The fourth-order valence-corrected chi connectivity index (χ4v) is 2.61. The maximum absolute atomic E-state index is 12.5. The van der Waals surface area contributed by atoms with Gasteiger partial charge in [-0.05, 0) is 19.1 Å². The Bertz CT molecular complexity index is 956. The average molecular weight is 419 g/mol. The maximum atomic E-state index is 12.5. The van der Waals surface area contributed by atoms with Gasteiger partial charge in [-0.2, -0.15) is 0 Å².